The minimum Gasteiger partial charge on any atom is -0.490 e. The second-order valence-electron chi connectivity index (χ2n) is 5.23. The molecule has 0 aliphatic carbocycles. The molecule has 2 aromatic rings. The van der Waals surface area contributed by atoms with Gasteiger partial charge in [-0.15, -0.1) is 0 Å². The Morgan fingerprint density at radius 1 is 1.17 bits per heavy atom. The third-order valence-electron chi connectivity index (χ3n) is 2.87. The van der Waals surface area contributed by atoms with Gasteiger partial charge in [0.1, 0.15) is 5.75 Å². The third-order valence-corrected chi connectivity index (χ3v) is 4.18. The van der Waals surface area contributed by atoms with Gasteiger partial charge in [-0.25, -0.2) is 0 Å². The molecule has 0 bridgehead atoms. The zero-order valence-corrected chi connectivity index (χ0v) is 17.1. The van der Waals surface area contributed by atoms with E-state index in [9.17, 15) is 4.79 Å². The van der Waals surface area contributed by atoms with Crippen LogP contribution in [0.2, 0.25) is 0 Å². The van der Waals surface area contributed by atoms with Crippen molar-refractivity contribution in [2.75, 3.05) is 5.32 Å². The summed E-state index contributed by atoms with van der Waals surface area (Å²) in [5.74, 6) is 0.399. The normalized spacial score (nSPS) is 10.4. The number of carbonyl (C=O) groups excluding carboxylic acids is 1. The zero-order chi connectivity index (χ0) is 17.7. The highest BCUT2D eigenvalue weighted by Gasteiger charge is 2.11. The van der Waals surface area contributed by atoms with Crippen LogP contribution in [0.3, 0.4) is 0 Å². The second kappa shape index (κ2) is 8.60. The molecule has 7 heteroatoms. The fraction of sp³-hybridized carbons (Fsp3) is 0.176. The number of benzene rings is 2. The van der Waals surface area contributed by atoms with Crippen LogP contribution < -0.4 is 15.4 Å². The molecule has 24 heavy (non-hydrogen) atoms. The molecule has 0 radical (unpaired) electrons. The summed E-state index contributed by atoms with van der Waals surface area (Å²) in [6.07, 6.45) is 0.0583. The highest BCUT2D eigenvalue weighted by atomic mass is 79.9. The van der Waals surface area contributed by atoms with Gasteiger partial charge in [-0.1, -0.05) is 22.0 Å². The van der Waals surface area contributed by atoms with Crippen molar-refractivity contribution in [1.29, 1.82) is 0 Å². The Kier molecular flexibility index (Phi) is 6.77. The van der Waals surface area contributed by atoms with Crippen LogP contribution in [0.15, 0.2) is 51.4 Å². The molecule has 0 aliphatic rings. The average molecular weight is 472 g/mol. The molecule has 0 spiro atoms. The number of thiocarbonyl (C=S) groups is 1. The van der Waals surface area contributed by atoms with Gasteiger partial charge < -0.3 is 10.1 Å². The molecule has 0 aromatic heterocycles. The Balaban J connectivity index is 2.01. The number of amides is 1. The van der Waals surface area contributed by atoms with Gasteiger partial charge >= 0.3 is 0 Å². The number of hydrogen-bond acceptors (Lipinski definition) is 3. The number of carbonyl (C=O) groups is 1. The van der Waals surface area contributed by atoms with Gasteiger partial charge in [-0.3, -0.25) is 10.1 Å². The fourth-order valence-corrected chi connectivity index (χ4v) is 2.98. The molecule has 0 saturated carbocycles. The van der Waals surface area contributed by atoms with Crippen molar-refractivity contribution in [3.63, 3.8) is 0 Å². The maximum absolute atomic E-state index is 12.3. The van der Waals surface area contributed by atoms with Crippen molar-refractivity contribution in [1.82, 2.24) is 5.32 Å². The monoisotopic (exact) mass is 470 g/mol. The highest BCUT2D eigenvalue weighted by Crippen LogP contribution is 2.27. The van der Waals surface area contributed by atoms with Crippen molar-refractivity contribution >= 4 is 60.8 Å². The Labute approximate surface area is 163 Å². The van der Waals surface area contributed by atoms with Gasteiger partial charge in [0.15, 0.2) is 5.11 Å². The second-order valence-corrected chi connectivity index (χ2v) is 7.41. The number of halogens is 2. The first kappa shape index (κ1) is 18.9. The van der Waals surface area contributed by atoms with Crippen molar-refractivity contribution in [3.8, 4) is 5.75 Å². The summed E-state index contributed by atoms with van der Waals surface area (Å²) >= 11 is 12.0. The minimum absolute atomic E-state index is 0.0583. The lowest BCUT2D eigenvalue weighted by atomic mass is 10.2. The maximum atomic E-state index is 12.3. The molecule has 0 unspecified atom stereocenters. The van der Waals surface area contributed by atoms with Crippen LogP contribution in [0.5, 0.6) is 5.75 Å². The minimum atomic E-state index is -0.292. The molecule has 0 aliphatic heterocycles. The first-order valence-electron chi connectivity index (χ1n) is 7.19. The van der Waals surface area contributed by atoms with Gasteiger partial charge in [0, 0.05) is 15.7 Å². The van der Waals surface area contributed by atoms with Gasteiger partial charge in [-0.05, 0) is 78.4 Å². The highest BCUT2D eigenvalue weighted by molar-refractivity contribution is 9.10. The maximum Gasteiger partial charge on any atom is 0.257 e. The van der Waals surface area contributed by atoms with Crippen LogP contribution in [0.1, 0.15) is 24.2 Å². The molecule has 0 saturated heterocycles. The lowest BCUT2D eigenvalue weighted by Crippen LogP contribution is -2.34. The van der Waals surface area contributed by atoms with E-state index in [0.29, 0.717) is 11.3 Å². The molecule has 4 nitrogen and oxygen atoms in total. The largest absolute Gasteiger partial charge is 0.490 e. The van der Waals surface area contributed by atoms with E-state index in [4.69, 9.17) is 17.0 Å². The van der Waals surface area contributed by atoms with E-state index in [0.717, 1.165) is 14.6 Å². The smallest absolute Gasteiger partial charge is 0.257 e. The number of anilines is 1. The molecule has 2 aromatic carbocycles. The molecular weight excluding hydrogens is 456 g/mol. The molecule has 0 heterocycles. The molecule has 2 N–H and O–H groups in total. The van der Waals surface area contributed by atoms with E-state index in [1.54, 1.807) is 18.2 Å². The number of hydrogen-bond donors (Lipinski definition) is 2. The van der Waals surface area contributed by atoms with Gasteiger partial charge in [-0.2, -0.15) is 0 Å². The van der Waals surface area contributed by atoms with Crippen molar-refractivity contribution in [2.24, 2.45) is 0 Å². The molecule has 126 valence electrons. The summed E-state index contributed by atoms with van der Waals surface area (Å²) < 4.78 is 7.27. The summed E-state index contributed by atoms with van der Waals surface area (Å²) in [5, 5.41) is 5.86. The van der Waals surface area contributed by atoms with Crippen molar-refractivity contribution in [3.05, 3.63) is 57.0 Å². The summed E-state index contributed by atoms with van der Waals surface area (Å²) in [5.41, 5.74) is 1.27. The average Bonchev–Trinajstić information content (AvgIpc) is 2.48. The molecule has 0 fully saturated rings. The number of ether oxygens (including phenoxy) is 1. The van der Waals surface area contributed by atoms with Gasteiger partial charge in [0.25, 0.3) is 5.91 Å². The van der Waals surface area contributed by atoms with Crippen LogP contribution in [0.4, 0.5) is 5.69 Å². The van der Waals surface area contributed by atoms with E-state index < -0.39 is 0 Å². The van der Waals surface area contributed by atoms with E-state index >= 15 is 0 Å². The lowest BCUT2D eigenvalue weighted by molar-refractivity contribution is 0.0977. The van der Waals surface area contributed by atoms with Crippen molar-refractivity contribution < 1.29 is 9.53 Å². The van der Waals surface area contributed by atoms with E-state index in [1.165, 1.54) is 0 Å². The molecule has 2 rings (SSSR count). The lowest BCUT2D eigenvalue weighted by Gasteiger charge is -2.13. The Hall–Kier alpha value is -1.44. The number of nitrogens with one attached hydrogen (secondary N) is 2. The predicted octanol–water partition coefficient (Wildman–Crippen LogP) is 5.13. The summed E-state index contributed by atoms with van der Waals surface area (Å²) in [6.45, 7) is 3.89. The van der Waals surface area contributed by atoms with E-state index in [2.05, 4.69) is 42.5 Å². The quantitative estimate of drug-likeness (QED) is 0.607. The number of rotatable bonds is 4. The van der Waals surface area contributed by atoms with E-state index in [-0.39, 0.29) is 17.1 Å². The Bertz CT molecular complexity index is 766. The van der Waals surface area contributed by atoms with Gasteiger partial charge in [0.2, 0.25) is 0 Å². The summed E-state index contributed by atoms with van der Waals surface area (Å²) in [6, 6.07) is 12.7. The Morgan fingerprint density at radius 3 is 2.54 bits per heavy atom. The molecule has 0 atom stereocenters. The first-order chi connectivity index (χ1) is 11.3. The SMILES string of the molecule is CC(C)Oc1ccc(C(=O)NC(=S)Nc2cccc(Br)c2)cc1Br. The topological polar surface area (TPSA) is 50.4 Å². The summed E-state index contributed by atoms with van der Waals surface area (Å²) in [4.78, 5) is 12.3. The van der Waals surface area contributed by atoms with Crippen molar-refractivity contribution in [2.45, 2.75) is 20.0 Å². The van der Waals surface area contributed by atoms with Crippen LogP contribution in [0.25, 0.3) is 0 Å². The van der Waals surface area contributed by atoms with Gasteiger partial charge in [0.05, 0.1) is 10.6 Å². The third kappa shape index (κ3) is 5.58. The Morgan fingerprint density at radius 2 is 1.92 bits per heavy atom. The molecular formula is C17H16Br2N2O2S. The summed E-state index contributed by atoms with van der Waals surface area (Å²) in [7, 11) is 0. The van der Waals surface area contributed by atoms with Crippen LogP contribution in [-0.4, -0.2) is 17.1 Å². The van der Waals surface area contributed by atoms with E-state index in [1.807, 2.05) is 38.1 Å². The zero-order valence-electron chi connectivity index (χ0n) is 13.1. The first-order valence-corrected chi connectivity index (χ1v) is 9.18. The van der Waals surface area contributed by atoms with Crippen LogP contribution in [-0.2, 0) is 0 Å². The van der Waals surface area contributed by atoms with Crippen LogP contribution >= 0.6 is 44.1 Å². The molecule has 1 amide bonds. The fourth-order valence-electron chi connectivity index (χ4n) is 1.90. The predicted molar refractivity (Wildman–Crippen MR) is 108 cm³/mol. The standard InChI is InChI=1S/C17H16Br2N2O2S/c1-10(2)23-15-7-6-11(8-14(15)19)16(22)21-17(24)20-13-5-3-4-12(18)9-13/h3-10H,1-2H3,(H2,20,21,22,24). The van der Waals surface area contributed by atoms with Crippen LogP contribution in [0, 0.1) is 0 Å².